The zero-order valence-corrected chi connectivity index (χ0v) is 13.0. The first kappa shape index (κ1) is 15.4. The van der Waals surface area contributed by atoms with E-state index < -0.39 is 9.84 Å². The van der Waals surface area contributed by atoms with E-state index in [0.29, 0.717) is 10.9 Å². The zero-order valence-electron chi connectivity index (χ0n) is 11.4. The molecule has 1 aromatic rings. The van der Waals surface area contributed by atoms with E-state index in [1.807, 2.05) is 23.9 Å². The van der Waals surface area contributed by atoms with Crippen LogP contribution in [0.25, 0.3) is 0 Å². The number of thioether (sulfide) groups is 1. The molecule has 18 heavy (non-hydrogen) atoms. The lowest BCUT2D eigenvalue weighted by Gasteiger charge is -2.28. The van der Waals surface area contributed by atoms with E-state index in [1.165, 1.54) is 6.26 Å². The third kappa shape index (κ3) is 3.92. The normalized spacial score (nSPS) is 13.3. The Bertz CT molecular complexity index is 468. The zero-order chi connectivity index (χ0) is 13.8. The van der Waals surface area contributed by atoms with E-state index in [4.69, 9.17) is 0 Å². The van der Waals surface area contributed by atoms with Crippen LogP contribution in [-0.2, 0) is 9.84 Å². The minimum Gasteiger partial charge on any atom is -0.371 e. The predicted molar refractivity (Wildman–Crippen MR) is 80.4 cm³/mol. The van der Waals surface area contributed by atoms with Crippen LogP contribution in [0, 0.1) is 0 Å². The van der Waals surface area contributed by atoms with Crippen molar-refractivity contribution in [2.45, 2.75) is 24.3 Å². The van der Waals surface area contributed by atoms with Crippen molar-refractivity contribution < 1.29 is 8.42 Å². The molecule has 1 rings (SSSR count). The molecule has 1 atom stereocenters. The van der Waals surface area contributed by atoms with E-state index >= 15 is 0 Å². The molecular formula is C13H21NO2S2. The second-order valence-electron chi connectivity index (χ2n) is 4.39. The lowest BCUT2D eigenvalue weighted by atomic mass is 10.2. The highest BCUT2D eigenvalue weighted by Gasteiger charge is 2.13. The molecule has 0 aliphatic heterocycles. The minimum absolute atomic E-state index is 0.373. The highest BCUT2D eigenvalue weighted by molar-refractivity contribution is 7.98. The molecule has 0 bridgehead atoms. The van der Waals surface area contributed by atoms with Gasteiger partial charge in [-0.05, 0) is 36.9 Å². The van der Waals surface area contributed by atoms with Crippen LogP contribution in [0.2, 0.25) is 0 Å². The van der Waals surface area contributed by atoms with Crippen LogP contribution < -0.4 is 4.90 Å². The first-order valence-electron chi connectivity index (χ1n) is 5.92. The van der Waals surface area contributed by atoms with Gasteiger partial charge in [-0.2, -0.15) is 11.8 Å². The summed E-state index contributed by atoms with van der Waals surface area (Å²) in [5.74, 6) is 1.07. The molecule has 5 heteroatoms. The van der Waals surface area contributed by atoms with E-state index in [1.54, 1.807) is 12.1 Å². The molecule has 0 fully saturated rings. The summed E-state index contributed by atoms with van der Waals surface area (Å²) in [5.41, 5.74) is 1.06. The van der Waals surface area contributed by atoms with Gasteiger partial charge in [0.2, 0.25) is 0 Å². The third-order valence-electron chi connectivity index (χ3n) is 3.05. The largest absolute Gasteiger partial charge is 0.371 e. The second-order valence-corrected chi connectivity index (χ2v) is 7.32. The fourth-order valence-corrected chi connectivity index (χ4v) is 3.31. The van der Waals surface area contributed by atoms with E-state index in [9.17, 15) is 8.42 Å². The van der Waals surface area contributed by atoms with Crippen LogP contribution in [0.3, 0.4) is 0 Å². The number of hydrogen-bond acceptors (Lipinski definition) is 4. The van der Waals surface area contributed by atoms with Gasteiger partial charge in [0.05, 0.1) is 4.90 Å². The van der Waals surface area contributed by atoms with Gasteiger partial charge >= 0.3 is 0 Å². The molecule has 0 saturated heterocycles. The smallest absolute Gasteiger partial charge is 0.175 e. The Morgan fingerprint density at radius 2 is 1.83 bits per heavy atom. The van der Waals surface area contributed by atoms with Crippen LogP contribution in [0.5, 0.6) is 0 Å². The third-order valence-corrected chi connectivity index (χ3v) is 4.90. The molecule has 0 heterocycles. The molecule has 0 N–H and O–H groups in total. The van der Waals surface area contributed by atoms with Crippen LogP contribution in [-0.4, -0.2) is 39.8 Å². The van der Waals surface area contributed by atoms with Gasteiger partial charge in [0, 0.05) is 30.8 Å². The van der Waals surface area contributed by atoms with Crippen molar-refractivity contribution in [3.8, 4) is 0 Å². The number of sulfone groups is 1. The van der Waals surface area contributed by atoms with Gasteiger partial charge in [-0.25, -0.2) is 8.42 Å². The van der Waals surface area contributed by atoms with Crippen molar-refractivity contribution in [2.75, 3.05) is 30.2 Å². The molecular weight excluding hydrogens is 266 g/mol. The van der Waals surface area contributed by atoms with Crippen molar-refractivity contribution in [1.29, 1.82) is 0 Å². The minimum atomic E-state index is -3.10. The molecule has 0 aliphatic carbocycles. The summed E-state index contributed by atoms with van der Waals surface area (Å²) >= 11 is 1.83. The van der Waals surface area contributed by atoms with Gasteiger partial charge in [-0.3, -0.25) is 0 Å². The maximum absolute atomic E-state index is 11.4. The Morgan fingerprint density at radius 3 is 2.22 bits per heavy atom. The lowest BCUT2D eigenvalue weighted by molar-refractivity contribution is 0.602. The second kappa shape index (κ2) is 6.48. The highest BCUT2D eigenvalue weighted by Crippen LogP contribution is 2.21. The average Bonchev–Trinajstić information content (AvgIpc) is 2.34. The monoisotopic (exact) mass is 287 g/mol. The van der Waals surface area contributed by atoms with Gasteiger partial charge in [0.15, 0.2) is 9.84 Å². The summed E-state index contributed by atoms with van der Waals surface area (Å²) in [6, 6.07) is 7.57. The summed E-state index contributed by atoms with van der Waals surface area (Å²) in [5, 5.41) is 0. The van der Waals surface area contributed by atoms with Crippen molar-refractivity contribution in [2.24, 2.45) is 0 Å². The van der Waals surface area contributed by atoms with Gasteiger partial charge in [0.1, 0.15) is 0 Å². The van der Waals surface area contributed by atoms with Crippen LogP contribution in [0.15, 0.2) is 29.2 Å². The molecule has 0 saturated carbocycles. The summed E-state index contributed by atoms with van der Waals surface area (Å²) in [7, 11) is -1.05. The standard InChI is InChI=1S/C13H21NO2S2/c1-5-11(10-17-3)14(2)12-6-8-13(9-7-12)18(4,15)16/h6-9,11H,5,10H2,1-4H3. The van der Waals surface area contributed by atoms with Crippen molar-refractivity contribution in [1.82, 2.24) is 0 Å². The van der Waals surface area contributed by atoms with E-state index in [-0.39, 0.29) is 0 Å². The van der Waals surface area contributed by atoms with Crippen molar-refractivity contribution in [3.05, 3.63) is 24.3 Å². The Kier molecular flexibility index (Phi) is 5.53. The number of hydrogen-bond donors (Lipinski definition) is 0. The van der Waals surface area contributed by atoms with Gasteiger partial charge in [-0.1, -0.05) is 6.92 Å². The number of rotatable bonds is 6. The summed E-state index contributed by atoms with van der Waals surface area (Å²) < 4.78 is 22.8. The molecule has 0 amide bonds. The lowest BCUT2D eigenvalue weighted by Crippen LogP contribution is -2.33. The Balaban J connectivity index is 2.91. The Hall–Kier alpha value is -0.680. The summed E-state index contributed by atoms with van der Waals surface area (Å²) in [6.45, 7) is 2.17. The van der Waals surface area contributed by atoms with Crippen molar-refractivity contribution in [3.63, 3.8) is 0 Å². The number of anilines is 1. The van der Waals surface area contributed by atoms with Gasteiger partial charge in [0.25, 0.3) is 0 Å². The van der Waals surface area contributed by atoms with E-state index in [0.717, 1.165) is 17.9 Å². The predicted octanol–water partition coefficient (Wildman–Crippen LogP) is 2.67. The fourth-order valence-electron chi connectivity index (χ4n) is 1.84. The quantitative estimate of drug-likeness (QED) is 0.806. The molecule has 0 aliphatic rings. The topological polar surface area (TPSA) is 37.4 Å². The summed E-state index contributed by atoms with van der Waals surface area (Å²) in [4.78, 5) is 2.58. The Labute approximate surface area is 114 Å². The highest BCUT2D eigenvalue weighted by atomic mass is 32.2. The average molecular weight is 287 g/mol. The van der Waals surface area contributed by atoms with Crippen LogP contribution in [0.1, 0.15) is 13.3 Å². The molecule has 1 unspecified atom stereocenters. The van der Waals surface area contributed by atoms with Crippen molar-refractivity contribution >= 4 is 27.3 Å². The molecule has 1 aromatic carbocycles. The molecule has 0 spiro atoms. The molecule has 0 radical (unpaired) electrons. The fraction of sp³-hybridized carbons (Fsp3) is 0.538. The van der Waals surface area contributed by atoms with Crippen LogP contribution in [0.4, 0.5) is 5.69 Å². The first-order valence-corrected chi connectivity index (χ1v) is 9.20. The maximum Gasteiger partial charge on any atom is 0.175 e. The van der Waals surface area contributed by atoms with Gasteiger partial charge < -0.3 is 4.90 Å². The molecule has 3 nitrogen and oxygen atoms in total. The van der Waals surface area contributed by atoms with Gasteiger partial charge in [-0.15, -0.1) is 0 Å². The number of nitrogens with zero attached hydrogens (tertiary/aromatic N) is 1. The first-order chi connectivity index (χ1) is 8.40. The Morgan fingerprint density at radius 1 is 1.28 bits per heavy atom. The maximum atomic E-state index is 11.4. The molecule has 102 valence electrons. The number of benzene rings is 1. The molecule has 0 aromatic heterocycles. The van der Waals surface area contributed by atoms with Crippen LogP contribution >= 0.6 is 11.8 Å². The SMILES string of the molecule is CCC(CSC)N(C)c1ccc(S(C)(=O)=O)cc1. The van der Waals surface area contributed by atoms with E-state index in [2.05, 4.69) is 25.1 Å². The summed E-state index contributed by atoms with van der Waals surface area (Å²) in [6.07, 6.45) is 4.41.